The standard InChI is InChI=1S/C15H21N3OS/c1-3-5-9-16-15(20)18-17-12-13-7-6-8-14(11-13)19-10-4-2/h4,6-8,11-12H,2-3,5,9-10H2,1H3,(H2,16,18,20)/b17-12-. The van der Waals surface area contributed by atoms with Crippen LogP contribution in [0.2, 0.25) is 0 Å². The zero-order valence-electron chi connectivity index (χ0n) is 11.8. The smallest absolute Gasteiger partial charge is 0.186 e. The van der Waals surface area contributed by atoms with Gasteiger partial charge in [0, 0.05) is 6.54 Å². The molecule has 20 heavy (non-hydrogen) atoms. The average Bonchev–Trinajstić information content (AvgIpc) is 2.46. The maximum atomic E-state index is 5.45. The number of nitrogens with one attached hydrogen (secondary N) is 2. The number of nitrogens with zero attached hydrogens (tertiary/aromatic N) is 1. The molecule has 0 aromatic heterocycles. The molecule has 1 aromatic carbocycles. The maximum Gasteiger partial charge on any atom is 0.186 e. The highest BCUT2D eigenvalue weighted by Crippen LogP contribution is 2.11. The van der Waals surface area contributed by atoms with Gasteiger partial charge in [-0.3, -0.25) is 5.43 Å². The Morgan fingerprint density at radius 2 is 2.35 bits per heavy atom. The molecule has 0 bridgehead atoms. The quantitative estimate of drug-likeness (QED) is 0.254. The summed E-state index contributed by atoms with van der Waals surface area (Å²) in [5, 5.41) is 7.70. The summed E-state index contributed by atoms with van der Waals surface area (Å²) in [4.78, 5) is 0. The number of thiocarbonyl (C=S) groups is 1. The van der Waals surface area contributed by atoms with Gasteiger partial charge in [0.25, 0.3) is 0 Å². The van der Waals surface area contributed by atoms with Crippen molar-refractivity contribution in [2.75, 3.05) is 13.2 Å². The Morgan fingerprint density at radius 3 is 3.10 bits per heavy atom. The minimum absolute atomic E-state index is 0.490. The second-order valence-corrected chi connectivity index (χ2v) is 4.56. The van der Waals surface area contributed by atoms with Crippen molar-refractivity contribution in [2.24, 2.45) is 5.10 Å². The molecule has 4 nitrogen and oxygen atoms in total. The molecular weight excluding hydrogens is 270 g/mol. The minimum Gasteiger partial charge on any atom is -0.490 e. The topological polar surface area (TPSA) is 45.6 Å². The van der Waals surface area contributed by atoms with Crippen molar-refractivity contribution < 1.29 is 4.74 Å². The first-order chi connectivity index (χ1) is 9.76. The molecule has 0 atom stereocenters. The predicted molar refractivity (Wildman–Crippen MR) is 88.4 cm³/mol. The molecule has 1 aromatic rings. The fraction of sp³-hybridized carbons (Fsp3) is 0.333. The van der Waals surface area contributed by atoms with Crippen molar-refractivity contribution in [3.63, 3.8) is 0 Å². The Hall–Kier alpha value is -1.88. The third-order valence-electron chi connectivity index (χ3n) is 2.42. The fourth-order valence-corrected chi connectivity index (χ4v) is 1.58. The van der Waals surface area contributed by atoms with Gasteiger partial charge in [0.05, 0.1) is 6.21 Å². The summed E-state index contributed by atoms with van der Waals surface area (Å²) in [7, 11) is 0. The van der Waals surface area contributed by atoms with Crippen LogP contribution in [-0.2, 0) is 0 Å². The molecule has 0 heterocycles. The Bertz CT molecular complexity index is 460. The average molecular weight is 291 g/mol. The van der Waals surface area contributed by atoms with Gasteiger partial charge in [-0.25, -0.2) is 0 Å². The lowest BCUT2D eigenvalue weighted by Gasteiger charge is -2.06. The van der Waals surface area contributed by atoms with Gasteiger partial charge >= 0.3 is 0 Å². The molecule has 0 radical (unpaired) electrons. The summed E-state index contributed by atoms with van der Waals surface area (Å²) >= 11 is 5.09. The molecule has 0 saturated heterocycles. The summed E-state index contributed by atoms with van der Waals surface area (Å²) in [6, 6.07) is 7.66. The number of ether oxygens (including phenoxy) is 1. The monoisotopic (exact) mass is 291 g/mol. The third-order valence-corrected chi connectivity index (χ3v) is 2.66. The highest BCUT2D eigenvalue weighted by Gasteiger charge is 1.94. The molecule has 1 rings (SSSR count). The van der Waals surface area contributed by atoms with E-state index in [1.807, 2.05) is 24.3 Å². The van der Waals surface area contributed by atoms with Crippen LogP contribution in [-0.4, -0.2) is 24.5 Å². The van der Waals surface area contributed by atoms with E-state index in [2.05, 4.69) is 29.3 Å². The molecule has 5 heteroatoms. The molecule has 0 saturated carbocycles. The zero-order chi connectivity index (χ0) is 14.6. The van der Waals surface area contributed by atoms with E-state index in [0.717, 1.165) is 30.7 Å². The Balaban J connectivity index is 2.41. The molecule has 0 aliphatic rings. The van der Waals surface area contributed by atoms with Gasteiger partial charge in [0.2, 0.25) is 0 Å². The first-order valence-corrected chi connectivity index (χ1v) is 7.07. The van der Waals surface area contributed by atoms with Gasteiger partial charge < -0.3 is 10.1 Å². The van der Waals surface area contributed by atoms with E-state index in [4.69, 9.17) is 17.0 Å². The Kier molecular flexibility index (Phi) is 8.07. The summed E-state index contributed by atoms with van der Waals surface area (Å²) in [5.74, 6) is 0.789. The van der Waals surface area contributed by atoms with E-state index in [0.29, 0.717) is 11.7 Å². The van der Waals surface area contributed by atoms with Crippen molar-refractivity contribution >= 4 is 23.5 Å². The van der Waals surface area contributed by atoms with Gasteiger partial charge in [-0.05, 0) is 36.3 Å². The number of benzene rings is 1. The van der Waals surface area contributed by atoms with Gasteiger partial charge in [-0.2, -0.15) is 5.10 Å². The lowest BCUT2D eigenvalue weighted by Crippen LogP contribution is -2.32. The highest BCUT2D eigenvalue weighted by atomic mass is 32.1. The number of rotatable bonds is 8. The van der Waals surface area contributed by atoms with Crippen LogP contribution in [0.4, 0.5) is 0 Å². The molecule has 0 aliphatic heterocycles. The SMILES string of the molecule is C=CCOc1cccc(/C=N\NC(=S)NCCCC)c1. The molecule has 0 fully saturated rings. The van der Waals surface area contributed by atoms with E-state index >= 15 is 0 Å². The molecule has 2 N–H and O–H groups in total. The zero-order valence-corrected chi connectivity index (χ0v) is 12.6. The molecule has 0 aliphatic carbocycles. The first-order valence-electron chi connectivity index (χ1n) is 6.67. The summed E-state index contributed by atoms with van der Waals surface area (Å²) in [6.45, 7) is 7.11. The van der Waals surface area contributed by atoms with Crippen LogP contribution < -0.4 is 15.5 Å². The van der Waals surface area contributed by atoms with Crippen LogP contribution >= 0.6 is 12.2 Å². The normalized spacial score (nSPS) is 10.2. The van der Waals surface area contributed by atoms with E-state index in [-0.39, 0.29) is 0 Å². The van der Waals surface area contributed by atoms with Gasteiger partial charge in [-0.1, -0.05) is 38.1 Å². The second kappa shape index (κ2) is 9.97. The van der Waals surface area contributed by atoms with E-state index in [1.54, 1.807) is 12.3 Å². The number of hydrogen-bond acceptors (Lipinski definition) is 3. The van der Waals surface area contributed by atoms with Crippen molar-refractivity contribution in [1.29, 1.82) is 0 Å². The van der Waals surface area contributed by atoms with E-state index in [1.165, 1.54) is 0 Å². The minimum atomic E-state index is 0.490. The number of unbranched alkanes of at least 4 members (excludes halogenated alkanes) is 1. The van der Waals surface area contributed by atoms with Gasteiger partial charge in [-0.15, -0.1) is 0 Å². The Labute approximate surface area is 125 Å². The highest BCUT2D eigenvalue weighted by molar-refractivity contribution is 7.80. The van der Waals surface area contributed by atoms with Gasteiger partial charge in [0.1, 0.15) is 12.4 Å². The Morgan fingerprint density at radius 1 is 1.50 bits per heavy atom. The lowest BCUT2D eigenvalue weighted by molar-refractivity contribution is 0.363. The maximum absolute atomic E-state index is 5.45. The second-order valence-electron chi connectivity index (χ2n) is 4.15. The summed E-state index contributed by atoms with van der Waals surface area (Å²) in [5.41, 5.74) is 3.73. The fourth-order valence-electron chi connectivity index (χ4n) is 1.42. The first kappa shape index (κ1) is 16.2. The number of hydrazone groups is 1. The predicted octanol–water partition coefficient (Wildman–Crippen LogP) is 2.85. The van der Waals surface area contributed by atoms with Gasteiger partial charge in [0.15, 0.2) is 5.11 Å². The van der Waals surface area contributed by atoms with E-state index in [9.17, 15) is 0 Å². The molecule has 0 amide bonds. The van der Waals surface area contributed by atoms with Crippen LogP contribution in [0.5, 0.6) is 5.75 Å². The van der Waals surface area contributed by atoms with Crippen molar-refractivity contribution in [3.8, 4) is 5.75 Å². The van der Waals surface area contributed by atoms with Crippen LogP contribution in [0.1, 0.15) is 25.3 Å². The molecule has 0 spiro atoms. The van der Waals surface area contributed by atoms with Crippen LogP contribution in [0.15, 0.2) is 42.0 Å². The van der Waals surface area contributed by atoms with Crippen LogP contribution in [0.25, 0.3) is 0 Å². The largest absolute Gasteiger partial charge is 0.490 e. The van der Waals surface area contributed by atoms with E-state index < -0.39 is 0 Å². The summed E-state index contributed by atoms with van der Waals surface area (Å²) in [6.07, 6.45) is 5.64. The van der Waals surface area contributed by atoms with Crippen LogP contribution in [0.3, 0.4) is 0 Å². The molecule has 0 unspecified atom stereocenters. The number of hydrogen-bond donors (Lipinski definition) is 2. The van der Waals surface area contributed by atoms with Crippen molar-refractivity contribution in [1.82, 2.24) is 10.7 Å². The van der Waals surface area contributed by atoms with Crippen molar-refractivity contribution in [3.05, 3.63) is 42.5 Å². The molecule has 108 valence electrons. The lowest BCUT2D eigenvalue weighted by atomic mass is 10.2. The third kappa shape index (κ3) is 6.89. The molecular formula is C15H21N3OS. The van der Waals surface area contributed by atoms with Crippen LogP contribution in [0, 0.1) is 0 Å². The summed E-state index contributed by atoms with van der Waals surface area (Å²) < 4.78 is 5.45. The van der Waals surface area contributed by atoms with Crippen molar-refractivity contribution in [2.45, 2.75) is 19.8 Å².